The molecule has 0 aromatic carbocycles. The fourth-order valence-electron chi connectivity index (χ4n) is 1.53. The van der Waals surface area contributed by atoms with E-state index in [-0.39, 0.29) is 25.9 Å². The molecule has 4 nitrogen and oxygen atoms in total. The lowest BCUT2D eigenvalue weighted by molar-refractivity contribution is -0.0219. The first-order chi connectivity index (χ1) is 6.42. The minimum absolute atomic E-state index is 0.0294. The molecule has 0 bridgehead atoms. The van der Waals surface area contributed by atoms with Gasteiger partial charge in [0.15, 0.2) is 0 Å². The summed E-state index contributed by atoms with van der Waals surface area (Å²) in [6, 6.07) is 0. The predicted molar refractivity (Wildman–Crippen MR) is 59.2 cm³/mol. The van der Waals surface area contributed by atoms with Gasteiger partial charge in [-0.15, -0.1) is 0 Å². The summed E-state index contributed by atoms with van der Waals surface area (Å²) in [6.07, 6.45) is 0.948. The molecule has 0 spiro atoms. The van der Waals surface area contributed by atoms with Gasteiger partial charge in [-0.25, -0.2) is 0 Å². The van der Waals surface area contributed by atoms with Gasteiger partial charge in [0.05, 0.1) is 26.4 Å². The van der Waals surface area contributed by atoms with Crippen LogP contribution < -0.4 is 0 Å². The van der Waals surface area contributed by atoms with Crippen LogP contribution in [0.3, 0.4) is 0 Å². The smallest absolute Gasteiger partial charge is 0.108 e. The highest BCUT2D eigenvalue weighted by Crippen LogP contribution is 2.41. The van der Waals surface area contributed by atoms with E-state index in [1.807, 2.05) is 6.92 Å². The van der Waals surface area contributed by atoms with Crippen molar-refractivity contribution in [2.75, 3.05) is 20.4 Å². The first kappa shape index (κ1) is 12.2. The molecular formula is C8H19BO4P-. The van der Waals surface area contributed by atoms with Gasteiger partial charge < -0.3 is 18.6 Å². The van der Waals surface area contributed by atoms with Crippen LogP contribution in [0.25, 0.3) is 0 Å². The van der Waals surface area contributed by atoms with Gasteiger partial charge in [-0.3, -0.25) is 0 Å². The standard InChI is InChI=1S/C8H19BO4P/c1-6-4-7(13-14(3,9)10)8(12-6)5-11-2/h6-8H,4-5H2,1-3,9H3/q-1/t6-,7?,8+,14?/m0/s1. The molecule has 0 aromatic rings. The van der Waals surface area contributed by atoms with Gasteiger partial charge in [-0.1, -0.05) is 0 Å². The first-order valence-corrected chi connectivity index (χ1v) is 5.98. The normalized spacial score (nSPS) is 37.0. The molecule has 0 aromatic heterocycles. The van der Waals surface area contributed by atoms with Gasteiger partial charge in [0.25, 0.3) is 0 Å². The molecule has 1 aliphatic rings. The highest BCUT2D eigenvalue weighted by atomic mass is 31.2. The molecular weight excluding hydrogens is 202 g/mol. The van der Waals surface area contributed by atoms with E-state index in [0.29, 0.717) is 6.61 Å². The summed E-state index contributed by atoms with van der Waals surface area (Å²) in [7, 11) is -0.787. The van der Waals surface area contributed by atoms with Crippen LogP contribution in [0.1, 0.15) is 13.3 Å². The lowest BCUT2D eigenvalue weighted by atomic mass is 10.1. The van der Waals surface area contributed by atoms with Crippen molar-refractivity contribution >= 4 is 14.8 Å². The Morgan fingerprint density at radius 3 is 2.79 bits per heavy atom. The van der Waals surface area contributed by atoms with E-state index < -0.39 is 7.25 Å². The van der Waals surface area contributed by atoms with Gasteiger partial charge in [0, 0.05) is 20.8 Å². The Balaban J connectivity index is 2.53. The van der Waals surface area contributed by atoms with Gasteiger partial charge >= 0.3 is 0 Å². The quantitative estimate of drug-likeness (QED) is 0.508. The number of hydrogen-bond donors (Lipinski definition) is 0. The monoisotopic (exact) mass is 221 g/mol. The summed E-state index contributed by atoms with van der Waals surface area (Å²) in [5.74, 6) is 0. The molecule has 1 saturated heterocycles. The molecule has 1 heterocycles. The molecule has 1 rings (SSSR count). The Kier molecular flexibility index (Phi) is 4.20. The van der Waals surface area contributed by atoms with Crippen molar-refractivity contribution in [1.82, 2.24) is 0 Å². The topological polar surface area (TPSA) is 44.8 Å². The average molecular weight is 221 g/mol. The minimum Gasteiger partial charge on any atom is -0.382 e. The number of ether oxygens (including phenoxy) is 2. The van der Waals surface area contributed by atoms with Crippen molar-refractivity contribution in [3.05, 3.63) is 0 Å². The minimum atomic E-state index is -2.19. The maximum atomic E-state index is 11.6. The van der Waals surface area contributed by atoms with Crippen LogP contribution in [0.5, 0.6) is 0 Å². The zero-order valence-corrected chi connectivity index (χ0v) is 9.12. The zero-order valence-electron chi connectivity index (χ0n) is 8.23. The lowest BCUT2D eigenvalue weighted by Crippen LogP contribution is -2.27. The third-order valence-corrected chi connectivity index (χ3v) is 2.57. The highest BCUT2D eigenvalue weighted by molar-refractivity contribution is 7.82. The predicted octanol–water partition coefficient (Wildman–Crippen LogP) is 0.384. The SMILES string of the molecule is [BH3-]P(C)(=O)OC1C[C@H](C)O[C@@H]1COC. The van der Waals surface area contributed by atoms with Crippen LogP contribution in [-0.2, 0) is 18.6 Å². The Labute approximate surface area is 86.1 Å². The molecule has 0 aliphatic carbocycles. The molecule has 0 radical (unpaired) electrons. The number of rotatable bonds is 4. The summed E-state index contributed by atoms with van der Waals surface area (Å²) in [6.45, 7) is 4.27. The second-order valence-electron chi connectivity index (χ2n) is 3.26. The molecule has 0 N–H and O–H groups in total. The van der Waals surface area contributed by atoms with E-state index in [2.05, 4.69) is 0 Å². The van der Waals surface area contributed by atoms with E-state index in [4.69, 9.17) is 14.0 Å². The largest absolute Gasteiger partial charge is 0.382 e. The number of methoxy groups -OCH3 is 1. The molecule has 1 aliphatic heterocycles. The highest BCUT2D eigenvalue weighted by Gasteiger charge is 2.34. The molecule has 0 saturated carbocycles. The van der Waals surface area contributed by atoms with Gasteiger partial charge in [-0.2, -0.15) is 0 Å². The van der Waals surface area contributed by atoms with Crippen LogP contribution >= 0.6 is 7.25 Å². The third-order valence-electron chi connectivity index (χ3n) is 2.00. The van der Waals surface area contributed by atoms with Gasteiger partial charge in [0.1, 0.15) is 6.10 Å². The van der Waals surface area contributed by atoms with E-state index >= 15 is 0 Å². The zero-order chi connectivity index (χ0) is 10.8. The van der Waals surface area contributed by atoms with Crippen molar-refractivity contribution in [1.29, 1.82) is 0 Å². The Bertz CT molecular complexity index is 229. The third kappa shape index (κ3) is 3.74. The van der Waals surface area contributed by atoms with Crippen molar-refractivity contribution < 1.29 is 18.6 Å². The second kappa shape index (κ2) is 4.80. The second-order valence-corrected chi connectivity index (χ2v) is 4.35. The maximum absolute atomic E-state index is 11.6. The Hall–Kier alpha value is 0.175. The van der Waals surface area contributed by atoms with Gasteiger partial charge in [-0.05, 0) is 13.6 Å². The van der Waals surface area contributed by atoms with Crippen molar-refractivity contribution in [3.63, 3.8) is 0 Å². The number of hydrogen-bond acceptors (Lipinski definition) is 4. The Morgan fingerprint density at radius 1 is 1.64 bits per heavy atom. The fourth-order valence-corrected chi connectivity index (χ4v) is 2.14. The summed E-state index contributed by atoms with van der Waals surface area (Å²) < 4.78 is 27.9. The molecule has 14 heavy (non-hydrogen) atoms. The van der Waals surface area contributed by atoms with Crippen LogP contribution in [0.4, 0.5) is 0 Å². The van der Waals surface area contributed by atoms with E-state index in [1.54, 1.807) is 13.8 Å². The van der Waals surface area contributed by atoms with E-state index in [0.717, 1.165) is 6.42 Å². The maximum Gasteiger partial charge on any atom is 0.108 e. The summed E-state index contributed by atoms with van der Waals surface area (Å²) >= 11 is 0. The fraction of sp³-hybridized carbons (Fsp3) is 1.00. The average Bonchev–Trinajstić information content (AvgIpc) is 2.28. The van der Waals surface area contributed by atoms with Crippen molar-refractivity contribution in [2.45, 2.75) is 31.7 Å². The van der Waals surface area contributed by atoms with E-state index in [1.165, 1.54) is 0 Å². The van der Waals surface area contributed by atoms with Crippen LogP contribution in [-0.4, -0.2) is 46.3 Å². The summed E-state index contributed by atoms with van der Waals surface area (Å²) in [4.78, 5) is 0. The van der Waals surface area contributed by atoms with Crippen molar-refractivity contribution in [2.24, 2.45) is 0 Å². The Morgan fingerprint density at radius 2 is 2.29 bits per heavy atom. The van der Waals surface area contributed by atoms with Crippen molar-refractivity contribution in [3.8, 4) is 0 Å². The molecule has 2 unspecified atom stereocenters. The van der Waals surface area contributed by atoms with Gasteiger partial charge in [0.2, 0.25) is 0 Å². The van der Waals surface area contributed by atoms with Crippen LogP contribution in [0, 0.1) is 0 Å². The first-order valence-electron chi connectivity index (χ1n) is 4.35. The molecule has 4 atom stereocenters. The molecule has 6 heteroatoms. The summed E-state index contributed by atoms with van der Waals surface area (Å²) in [5, 5.41) is 0. The molecule has 0 amide bonds. The lowest BCUT2D eigenvalue weighted by Gasteiger charge is -2.23. The van der Waals surface area contributed by atoms with E-state index in [9.17, 15) is 4.57 Å². The summed E-state index contributed by atoms with van der Waals surface area (Å²) in [5.41, 5.74) is 0. The van der Waals surface area contributed by atoms with Crippen LogP contribution in [0.2, 0.25) is 0 Å². The molecule has 84 valence electrons. The van der Waals surface area contributed by atoms with Crippen LogP contribution in [0.15, 0.2) is 0 Å². The molecule has 1 fully saturated rings.